The van der Waals surface area contributed by atoms with Crippen molar-refractivity contribution in [3.63, 3.8) is 0 Å². The number of hydrogen-bond acceptors (Lipinski definition) is 5. The first kappa shape index (κ1) is 19.0. The standard InChI is InChI=1S/C15H19Br2NO4/c1-4-21-13(19)8-18(9-14(20)22-5-2)15-11(16)6-10(3)7-12(15)17/h6-7H,4-5,8-9H2,1-3H3. The molecule has 5 nitrogen and oxygen atoms in total. The number of halogens is 2. The molecule has 0 saturated heterocycles. The van der Waals surface area contributed by atoms with Gasteiger partial charge in [0.2, 0.25) is 0 Å². The molecule has 0 fully saturated rings. The molecule has 0 amide bonds. The molecule has 0 atom stereocenters. The molecule has 0 bridgehead atoms. The van der Waals surface area contributed by atoms with E-state index in [0.717, 1.165) is 14.5 Å². The first-order valence-electron chi connectivity index (χ1n) is 6.90. The van der Waals surface area contributed by atoms with Crippen LogP contribution >= 0.6 is 31.9 Å². The third-order valence-corrected chi connectivity index (χ3v) is 3.94. The number of carbonyl (C=O) groups excluding carboxylic acids is 2. The van der Waals surface area contributed by atoms with Gasteiger partial charge in [-0.25, -0.2) is 0 Å². The lowest BCUT2D eigenvalue weighted by atomic mass is 10.2. The number of aryl methyl sites for hydroxylation is 1. The number of carbonyl (C=O) groups is 2. The van der Waals surface area contributed by atoms with Crippen LogP contribution in [0.25, 0.3) is 0 Å². The fraction of sp³-hybridized carbons (Fsp3) is 0.467. The van der Waals surface area contributed by atoms with Crippen molar-refractivity contribution in [2.45, 2.75) is 20.8 Å². The van der Waals surface area contributed by atoms with E-state index >= 15 is 0 Å². The van der Waals surface area contributed by atoms with Gasteiger partial charge in [-0.2, -0.15) is 0 Å². The normalized spacial score (nSPS) is 10.2. The monoisotopic (exact) mass is 435 g/mol. The van der Waals surface area contributed by atoms with E-state index in [-0.39, 0.29) is 13.1 Å². The number of anilines is 1. The summed E-state index contributed by atoms with van der Waals surface area (Å²) in [5.74, 6) is -0.794. The van der Waals surface area contributed by atoms with Gasteiger partial charge in [-0.3, -0.25) is 9.59 Å². The molecule has 1 aromatic carbocycles. The maximum Gasteiger partial charge on any atom is 0.325 e. The molecule has 122 valence electrons. The van der Waals surface area contributed by atoms with Crippen LogP contribution in [-0.4, -0.2) is 38.2 Å². The van der Waals surface area contributed by atoms with Crippen molar-refractivity contribution < 1.29 is 19.1 Å². The molecule has 0 unspecified atom stereocenters. The SMILES string of the molecule is CCOC(=O)CN(CC(=O)OCC)c1c(Br)cc(C)cc1Br. The highest BCUT2D eigenvalue weighted by Gasteiger charge is 2.21. The van der Waals surface area contributed by atoms with Gasteiger partial charge >= 0.3 is 11.9 Å². The van der Waals surface area contributed by atoms with E-state index in [1.54, 1.807) is 18.7 Å². The fourth-order valence-electron chi connectivity index (χ4n) is 1.93. The van der Waals surface area contributed by atoms with Gasteiger partial charge in [-0.05, 0) is 70.3 Å². The average molecular weight is 437 g/mol. The molecule has 0 aliphatic rings. The Labute approximate surface area is 147 Å². The summed E-state index contributed by atoms with van der Waals surface area (Å²) < 4.78 is 11.5. The summed E-state index contributed by atoms with van der Waals surface area (Å²) in [7, 11) is 0. The van der Waals surface area contributed by atoms with Crippen molar-refractivity contribution in [3.8, 4) is 0 Å². The zero-order valence-corrected chi connectivity index (χ0v) is 16.0. The topological polar surface area (TPSA) is 55.8 Å². The van der Waals surface area contributed by atoms with Crippen LogP contribution in [0.3, 0.4) is 0 Å². The molecular formula is C15H19Br2NO4. The van der Waals surface area contributed by atoms with Crippen LogP contribution in [-0.2, 0) is 19.1 Å². The van der Waals surface area contributed by atoms with Crippen LogP contribution < -0.4 is 4.90 Å². The Morgan fingerprint density at radius 1 is 1.00 bits per heavy atom. The van der Waals surface area contributed by atoms with E-state index < -0.39 is 11.9 Å². The number of esters is 2. The zero-order valence-electron chi connectivity index (χ0n) is 12.8. The average Bonchev–Trinajstić information content (AvgIpc) is 2.37. The predicted octanol–water partition coefficient (Wildman–Crippen LogP) is 3.45. The molecule has 0 spiro atoms. The van der Waals surface area contributed by atoms with Crippen molar-refractivity contribution in [3.05, 3.63) is 26.6 Å². The summed E-state index contributed by atoms with van der Waals surface area (Å²) in [6, 6.07) is 3.84. The molecular weight excluding hydrogens is 418 g/mol. The molecule has 0 saturated carbocycles. The van der Waals surface area contributed by atoms with Gasteiger partial charge in [0.25, 0.3) is 0 Å². The van der Waals surface area contributed by atoms with E-state index in [1.165, 1.54) is 0 Å². The van der Waals surface area contributed by atoms with Crippen LogP contribution in [0, 0.1) is 6.92 Å². The van der Waals surface area contributed by atoms with E-state index in [9.17, 15) is 9.59 Å². The van der Waals surface area contributed by atoms with E-state index in [1.807, 2.05) is 19.1 Å². The second kappa shape index (κ2) is 9.15. The maximum absolute atomic E-state index is 11.8. The Bertz CT molecular complexity index is 505. The number of nitrogens with zero attached hydrogens (tertiary/aromatic N) is 1. The highest BCUT2D eigenvalue weighted by Crippen LogP contribution is 2.35. The molecule has 0 radical (unpaired) electrons. The van der Waals surface area contributed by atoms with Crippen molar-refractivity contribution in [1.82, 2.24) is 0 Å². The number of benzene rings is 1. The Morgan fingerprint density at radius 2 is 1.41 bits per heavy atom. The third-order valence-electron chi connectivity index (χ3n) is 2.73. The summed E-state index contributed by atoms with van der Waals surface area (Å²) in [5.41, 5.74) is 1.77. The number of rotatable bonds is 7. The van der Waals surface area contributed by atoms with Gasteiger partial charge < -0.3 is 14.4 Å². The van der Waals surface area contributed by atoms with E-state index in [2.05, 4.69) is 31.9 Å². The van der Waals surface area contributed by atoms with Crippen LogP contribution in [0.5, 0.6) is 0 Å². The Kier molecular flexibility index (Phi) is 7.89. The zero-order chi connectivity index (χ0) is 16.7. The lowest BCUT2D eigenvalue weighted by molar-refractivity contribution is -0.142. The number of ether oxygens (including phenoxy) is 2. The van der Waals surface area contributed by atoms with E-state index in [0.29, 0.717) is 18.9 Å². The highest BCUT2D eigenvalue weighted by molar-refractivity contribution is 9.11. The first-order valence-corrected chi connectivity index (χ1v) is 8.49. The molecule has 0 aromatic heterocycles. The van der Waals surface area contributed by atoms with Crippen LogP contribution in [0.4, 0.5) is 5.69 Å². The summed E-state index contributed by atoms with van der Waals surface area (Å²) in [4.78, 5) is 25.2. The van der Waals surface area contributed by atoms with E-state index in [4.69, 9.17) is 9.47 Å². The lowest BCUT2D eigenvalue weighted by Crippen LogP contribution is -2.36. The molecule has 0 aliphatic carbocycles. The van der Waals surface area contributed by atoms with Crippen LogP contribution in [0.2, 0.25) is 0 Å². The van der Waals surface area contributed by atoms with Gasteiger partial charge in [0, 0.05) is 8.95 Å². The summed E-state index contributed by atoms with van der Waals surface area (Å²) in [6.07, 6.45) is 0. The molecule has 0 heterocycles. The number of hydrogen-bond donors (Lipinski definition) is 0. The Morgan fingerprint density at radius 3 is 1.77 bits per heavy atom. The van der Waals surface area contributed by atoms with Crippen molar-refractivity contribution >= 4 is 49.5 Å². The minimum atomic E-state index is -0.397. The highest BCUT2D eigenvalue weighted by atomic mass is 79.9. The largest absolute Gasteiger partial charge is 0.465 e. The molecule has 0 N–H and O–H groups in total. The maximum atomic E-state index is 11.8. The van der Waals surface area contributed by atoms with Crippen molar-refractivity contribution in [1.29, 1.82) is 0 Å². The molecule has 0 aliphatic heterocycles. The second-order valence-electron chi connectivity index (χ2n) is 4.54. The minimum absolute atomic E-state index is 0.0348. The molecule has 7 heteroatoms. The van der Waals surface area contributed by atoms with Crippen LogP contribution in [0.15, 0.2) is 21.1 Å². The quantitative estimate of drug-likeness (QED) is 0.612. The van der Waals surface area contributed by atoms with Gasteiger partial charge in [0.1, 0.15) is 13.1 Å². The van der Waals surface area contributed by atoms with Gasteiger partial charge in [-0.1, -0.05) is 0 Å². The summed E-state index contributed by atoms with van der Waals surface area (Å²) in [5, 5.41) is 0. The molecule has 1 aromatic rings. The lowest BCUT2D eigenvalue weighted by Gasteiger charge is -2.25. The fourth-order valence-corrected chi connectivity index (χ4v) is 3.85. The van der Waals surface area contributed by atoms with Gasteiger partial charge in [-0.15, -0.1) is 0 Å². The first-order chi connectivity index (χ1) is 10.4. The smallest absolute Gasteiger partial charge is 0.325 e. The van der Waals surface area contributed by atoms with Crippen molar-refractivity contribution in [2.75, 3.05) is 31.2 Å². The van der Waals surface area contributed by atoms with Gasteiger partial charge in [0.05, 0.1) is 18.9 Å². The Balaban J connectivity index is 3.08. The molecule has 1 rings (SSSR count). The minimum Gasteiger partial charge on any atom is -0.465 e. The Hall–Kier alpha value is -1.08. The molecule has 22 heavy (non-hydrogen) atoms. The van der Waals surface area contributed by atoms with Gasteiger partial charge in [0.15, 0.2) is 0 Å². The summed E-state index contributed by atoms with van der Waals surface area (Å²) in [6.45, 7) is 5.96. The summed E-state index contributed by atoms with van der Waals surface area (Å²) >= 11 is 6.96. The van der Waals surface area contributed by atoms with Crippen molar-refractivity contribution in [2.24, 2.45) is 0 Å². The second-order valence-corrected chi connectivity index (χ2v) is 6.25. The van der Waals surface area contributed by atoms with Crippen LogP contribution in [0.1, 0.15) is 19.4 Å². The predicted molar refractivity (Wildman–Crippen MR) is 92.1 cm³/mol. The third kappa shape index (κ3) is 5.61.